The van der Waals surface area contributed by atoms with Gasteiger partial charge in [0, 0.05) is 20.8 Å². The van der Waals surface area contributed by atoms with Crippen LogP contribution in [0.15, 0.2) is 33.7 Å². The fraction of sp³-hybridized carbons (Fsp3) is 0.500. The minimum atomic E-state index is -3.05. The molecular weight excluding hydrogens is 412 g/mol. The first kappa shape index (κ1) is 17.9. The molecule has 24 heavy (non-hydrogen) atoms. The number of fused-ring (bicyclic) bond motifs is 1. The van der Waals surface area contributed by atoms with E-state index in [1.165, 1.54) is 11.8 Å². The number of hydrogen-bond donors (Lipinski definition) is 0. The SMILES string of the molecule is CC(C)(C)C(=O)N=C1S[C@@H]2CS(=O)(=O)C[C@H]2N1c1ccc(Br)cc1. The molecule has 8 heteroatoms. The predicted molar refractivity (Wildman–Crippen MR) is 102 cm³/mol. The summed E-state index contributed by atoms with van der Waals surface area (Å²) in [5, 5.41) is 0.521. The Morgan fingerprint density at radius 3 is 2.46 bits per heavy atom. The van der Waals surface area contributed by atoms with Crippen molar-refractivity contribution >= 4 is 54.3 Å². The van der Waals surface area contributed by atoms with Crippen molar-refractivity contribution < 1.29 is 13.2 Å². The Morgan fingerprint density at radius 1 is 1.25 bits per heavy atom. The molecule has 2 heterocycles. The summed E-state index contributed by atoms with van der Waals surface area (Å²) in [6.45, 7) is 5.48. The van der Waals surface area contributed by atoms with Crippen molar-refractivity contribution in [3.05, 3.63) is 28.7 Å². The Balaban J connectivity index is 2.01. The molecule has 0 unspecified atom stereocenters. The summed E-state index contributed by atoms with van der Waals surface area (Å²) in [7, 11) is -3.05. The summed E-state index contributed by atoms with van der Waals surface area (Å²) in [6, 6.07) is 7.46. The Labute approximate surface area is 155 Å². The lowest BCUT2D eigenvalue weighted by atomic mass is 9.96. The van der Waals surface area contributed by atoms with Crippen LogP contribution < -0.4 is 4.90 Å². The first-order valence-electron chi connectivity index (χ1n) is 7.62. The summed E-state index contributed by atoms with van der Waals surface area (Å²) >= 11 is 4.81. The number of benzene rings is 1. The number of carbonyl (C=O) groups is 1. The number of nitrogens with zero attached hydrogens (tertiary/aromatic N) is 2. The quantitative estimate of drug-likeness (QED) is 0.684. The molecule has 0 aromatic heterocycles. The number of anilines is 1. The maximum atomic E-state index is 12.3. The number of amides is 1. The van der Waals surface area contributed by atoms with Crippen molar-refractivity contribution in [3.63, 3.8) is 0 Å². The lowest BCUT2D eigenvalue weighted by Gasteiger charge is -2.25. The lowest BCUT2D eigenvalue weighted by molar-refractivity contribution is -0.124. The highest BCUT2D eigenvalue weighted by Crippen LogP contribution is 2.41. The number of carbonyl (C=O) groups excluding carboxylic acids is 1. The van der Waals surface area contributed by atoms with Crippen molar-refractivity contribution in [1.82, 2.24) is 0 Å². The van der Waals surface area contributed by atoms with Crippen LogP contribution in [0.2, 0.25) is 0 Å². The lowest BCUT2D eigenvalue weighted by Crippen LogP contribution is -2.38. The van der Waals surface area contributed by atoms with Crippen molar-refractivity contribution in [2.45, 2.75) is 32.1 Å². The Bertz CT molecular complexity index is 798. The van der Waals surface area contributed by atoms with Gasteiger partial charge in [-0.1, -0.05) is 48.5 Å². The van der Waals surface area contributed by atoms with Gasteiger partial charge in [-0.25, -0.2) is 8.42 Å². The average molecular weight is 431 g/mol. The molecule has 130 valence electrons. The van der Waals surface area contributed by atoms with Gasteiger partial charge >= 0.3 is 0 Å². The van der Waals surface area contributed by atoms with E-state index in [1.807, 2.05) is 49.9 Å². The van der Waals surface area contributed by atoms with Crippen LogP contribution in [0.25, 0.3) is 0 Å². The molecule has 1 amide bonds. The number of hydrogen-bond acceptors (Lipinski definition) is 4. The van der Waals surface area contributed by atoms with Crippen LogP contribution in [0, 0.1) is 5.41 Å². The van der Waals surface area contributed by atoms with E-state index in [9.17, 15) is 13.2 Å². The fourth-order valence-electron chi connectivity index (χ4n) is 2.72. The maximum Gasteiger partial charge on any atom is 0.253 e. The zero-order valence-electron chi connectivity index (χ0n) is 13.7. The van der Waals surface area contributed by atoms with E-state index in [0.29, 0.717) is 5.17 Å². The van der Waals surface area contributed by atoms with Gasteiger partial charge in [-0.05, 0) is 24.3 Å². The third-order valence-corrected chi connectivity index (χ3v) is 7.75. The summed E-state index contributed by atoms with van der Waals surface area (Å²) in [6.07, 6.45) is 0. The Kier molecular flexibility index (Phi) is 4.59. The van der Waals surface area contributed by atoms with Gasteiger partial charge in [0.1, 0.15) is 0 Å². The maximum absolute atomic E-state index is 12.3. The van der Waals surface area contributed by atoms with Crippen LogP contribution in [0.1, 0.15) is 20.8 Å². The number of rotatable bonds is 1. The fourth-order valence-corrected chi connectivity index (χ4v) is 6.90. The van der Waals surface area contributed by atoms with Crippen molar-refractivity contribution in [3.8, 4) is 0 Å². The number of aliphatic imine (C=N–C) groups is 1. The summed E-state index contributed by atoms with van der Waals surface area (Å²) in [5.41, 5.74) is 0.290. The minimum Gasteiger partial charge on any atom is -0.316 e. The highest BCUT2D eigenvalue weighted by molar-refractivity contribution is 9.10. The van der Waals surface area contributed by atoms with Gasteiger partial charge in [0.2, 0.25) is 0 Å². The van der Waals surface area contributed by atoms with Gasteiger partial charge in [-0.2, -0.15) is 4.99 Å². The first-order chi connectivity index (χ1) is 11.1. The molecule has 3 rings (SSSR count). The third-order valence-electron chi connectivity index (χ3n) is 4.01. The summed E-state index contributed by atoms with van der Waals surface area (Å²) < 4.78 is 25.0. The van der Waals surface area contributed by atoms with Gasteiger partial charge in [0.05, 0.1) is 17.5 Å². The van der Waals surface area contributed by atoms with Crippen molar-refractivity contribution in [2.75, 3.05) is 16.4 Å². The number of halogens is 1. The Hall–Kier alpha value is -0.860. The van der Waals surface area contributed by atoms with Crippen LogP contribution >= 0.6 is 27.7 Å². The molecule has 5 nitrogen and oxygen atoms in total. The molecule has 0 aliphatic carbocycles. The minimum absolute atomic E-state index is 0.0786. The van der Waals surface area contributed by atoms with Crippen molar-refractivity contribution in [2.24, 2.45) is 10.4 Å². The molecule has 0 radical (unpaired) electrons. The third kappa shape index (κ3) is 3.55. The number of amidine groups is 1. The molecule has 0 bridgehead atoms. The molecule has 0 N–H and O–H groups in total. The molecule has 0 spiro atoms. The van der Waals surface area contributed by atoms with Crippen LogP contribution in [0.5, 0.6) is 0 Å². The number of thioether (sulfide) groups is 1. The van der Waals surface area contributed by atoms with Gasteiger partial charge in [-0.15, -0.1) is 0 Å². The molecule has 2 aliphatic rings. The normalized spacial score (nSPS) is 27.5. The van der Waals surface area contributed by atoms with Gasteiger partial charge in [0.15, 0.2) is 15.0 Å². The van der Waals surface area contributed by atoms with Gasteiger partial charge < -0.3 is 4.90 Å². The first-order valence-corrected chi connectivity index (χ1v) is 11.1. The zero-order valence-corrected chi connectivity index (χ0v) is 16.9. The molecule has 2 atom stereocenters. The highest BCUT2D eigenvalue weighted by atomic mass is 79.9. The van der Waals surface area contributed by atoms with E-state index < -0.39 is 15.3 Å². The van der Waals surface area contributed by atoms with E-state index in [0.717, 1.165) is 10.2 Å². The smallest absolute Gasteiger partial charge is 0.253 e. The van der Waals surface area contributed by atoms with Gasteiger partial charge in [0.25, 0.3) is 5.91 Å². The largest absolute Gasteiger partial charge is 0.316 e. The predicted octanol–water partition coefficient (Wildman–Crippen LogP) is 3.10. The molecule has 0 saturated carbocycles. The summed E-state index contributed by atoms with van der Waals surface area (Å²) in [4.78, 5) is 18.6. The number of sulfone groups is 1. The molecule has 2 fully saturated rings. The molecule has 2 saturated heterocycles. The van der Waals surface area contributed by atoms with Crippen LogP contribution in [0.3, 0.4) is 0 Å². The second-order valence-corrected chi connectivity index (χ2v) is 11.4. The zero-order chi connectivity index (χ0) is 17.7. The molecule has 1 aromatic carbocycles. The van der Waals surface area contributed by atoms with E-state index in [4.69, 9.17) is 0 Å². The topological polar surface area (TPSA) is 66.8 Å². The van der Waals surface area contributed by atoms with Crippen molar-refractivity contribution in [1.29, 1.82) is 0 Å². The molecule has 1 aromatic rings. The van der Waals surface area contributed by atoms with E-state index >= 15 is 0 Å². The average Bonchev–Trinajstić information content (AvgIpc) is 2.90. The summed E-state index contributed by atoms with van der Waals surface area (Å²) in [5.74, 6) is 0.0385. The van der Waals surface area contributed by atoms with Crippen LogP contribution in [-0.2, 0) is 14.6 Å². The van der Waals surface area contributed by atoms with Gasteiger partial charge in [-0.3, -0.25) is 4.79 Å². The van der Waals surface area contributed by atoms with Crippen LogP contribution in [0.4, 0.5) is 5.69 Å². The highest BCUT2D eigenvalue weighted by Gasteiger charge is 2.49. The second-order valence-electron chi connectivity index (χ2n) is 7.10. The molecule has 2 aliphatic heterocycles. The van der Waals surface area contributed by atoms with E-state index in [1.54, 1.807) is 0 Å². The van der Waals surface area contributed by atoms with E-state index in [2.05, 4.69) is 20.9 Å². The molecular formula is C16H19BrN2O3S2. The standard InChI is InChI=1S/C16H19BrN2O3S2/c1-16(2,3)14(20)18-15-19(11-6-4-10(17)5-7-11)12-8-24(21,22)9-13(12)23-15/h4-7,12-13H,8-9H2,1-3H3/t12-,13-/m1/s1. The Morgan fingerprint density at radius 2 is 1.88 bits per heavy atom. The van der Waals surface area contributed by atoms with Crippen LogP contribution in [-0.4, -0.2) is 42.3 Å². The van der Waals surface area contributed by atoms with E-state index in [-0.39, 0.29) is 28.7 Å². The monoisotopic (exact) mass is 430 g/mol. The second kappa shape index (κ2) is 6.14.